The van der Waals surface area contributed by atoms with Crippen LogP contribution < -0.4 is 10.2 Å². The minimum Gasteiger partial charge on any atom is -0.471 e. The Morgan fingerprint density at radius 2 is 2.18 bits per heavy atom. The van der Waals surface area contributed by atoms with Gasteiger partial charge >= 0.3 is 0 Å². The van der Waals surface area contributed by atoms with Crippen LogP contribution >= 0.6 is 22.7 Å². The number of aliphatic imine (C=N–C) groups is 1. The van der Waals surface area contributed by atoms with E-state index in [-0.39, 0.29) is 23.8 Å². The van der Waals surface area contributed by atoms with Crippen LogP contribution in [0.5, 0.6) is 0 Å². The zero-order valence-corrected chi connectivity index (χ0v) is 21.5. The van der Waals surface area contributed by atoms with Gasteiger partial charge in [0.2, 0.25) is 5.91 Å². The number of nitrogens with zero attached hydrogens (tertiary/aromatic N) is 4. The van der Waals surface area contributed by atoms with Crippen molar-refractivity contribution in [3.63, 3.8) is 0 Å². The Bertz CT molecular complexity index is 1200. The van der Waals surface area contributed by atoms with Crippen LogP contribution in [0.2, 0.25) is 0 Å². The zero-order chi connectivity index (χ0) is 24.0. The molecule has 0 aromatic carbocycles. The van der Waals surface area contributed by atoms with Gasteiger partial charge in [0.05, 0.1) is 15.3 Å². The average Bonchev–Trinajstić information content (AvgIpc) is 3.55. The van der Waals surface area contributed by atoms with Gasteiger partial charge in [0.25, 0.3) is 5.91 Å². The molecule has 4 heterocycles. The van der Waals surface area contributed by atoms with E-state index in [1.807, 2.05) is 39.1 Å². The number of amides is 2. The number of fused-ring (bicyclic) bond motifs is 2. The number of carbonyl (C=O) groups excluding carboxylic acids is 2. The number of thiophene rings is 1. The maximum atomic E-state index is 12.9. The average molecular weight is 500 g/mol. The summed E-state index contributed by atoms with van der Waals surface area (Å²) in [5.41, 5.74) is 1.61. The molecular weight excluding hydrogens is 470 g/mol. The molecule has 8 nitrogen and oxygen atoms in total. The molecule has 3 aliphatic rings. The second-order valence-corrected chi connectivity index (χ2v) is 11.2. The highest BCUT2D eigenvalue weighted by Gasteiger charge is 2.32. The Morgan fingerprint density at radius 1 is 1.35 bits per heavy atom. The third kappa shape index (κ3) is 4.48. The maximum absolute atomic E-state index is 12.9. The SMILES string of the molecule is CCN(C)C(=O)CC1CCN(c2nc3sc(C(=O)NC4=CC(C)C5OC(C)=NC5=C4)cc3s2)C1. The third-order valence-corrected chi connectivity index (χ3v) is 8.80. The molecule has 2 aromatic rings. The van der Waals surface area contributed by atoms with Crippen LogP contribution in [0, 0.1) is 11.8 Å². The summed E-state index contributed by atoms with van der Waals surface area (Å²) in [7, 11) is 1.86. The molecule has 180 valence electrons. The number of thiazole rings is 1. The summed E-state index contributed by atoms with van der Waals surface area (Å²) in [6.45, 7) is 8.40. The van der Waals surface area contributed by atoms with Crippen LogP contribution in [0.3, 0.4) is 0 Å². The van der Waals surface area contributed by atoms with E-state index in [9.17, 15) is 9.59 Å². The van der Waals surface area contributed by atoms with Crippen molar-refractivity contribution in [3.05, 3.63) is 34.5 Å². The van der Waals surface area contributed by atoms with Gasteiger partial charge in [-0.15, -0.1) is 11.3 Å². The number of hydrogen-bond acceptors (Lipinski definition) is 8. The number of allylic oxidation sites excluding steroid dienone is 1. The second-order valence-electron chi connectivity index (χ2n) is 9.16. The molecule has 1 saturated heterocycles. The van der Waals surface area contributed by atoms with Crippen molar-refractivity contribution in [3.8, 4) is 0 Å². The fourth-order valence-corrected chi connectivity index (χ4v) is 6.72. The minimum atomic E-state index is -0.134. The van der Waals surface area contributed by atoms with E-state index >= 15 is 0 Å². The molecule has 1 N–H and O–H groups in total. The smallest absolute Gasteiger partial charge is 0.265 e. The zero-order valence-electron chi connectivity index (χ0n) is 19.8. The van der Waals surface area contributed by atoms with E-state index in [0.29, 0.717) is 23.1 Å². The van der Waals surface area contributed by atoms with Crippen LogP contribution in [0.25, 0.3) is 9.53 Å². The second kappa shape index (κ2) is 9.14. The quantitative estimate of drug-likeness (QED) is 0.649. The van der Waals surface area contributed by atoms with Crippen LogP contribution in [-0.4, -0.2) is 60.4 Å². The molecule has 0 spiro atoms. The van der Waals surface area contributed by atoms with Gasteiger partial charge in [0.1, 0.15) is 10.9 Å². The Morgan fingerprint density at radius 3 is 2.94 bits per heavy atom. The summed E-state index contributed by atoms with van der Waals surface area (Å²) in [5, 5.41) is 3.99. The Balaban J connectivity index is 1.23. The minimum absolute atomic E-state index is 0.0637. The van der Waals surface area contributed by atoms with Crippen molar-refractivity contribution in [2.75, 3.05) is 31.6 Å². The monoisotopic (exact) mass is 499 g/mol. The molecule has 1 aliphatic carbocycles. The summed E-state index contributed by atoms with van der Waals surface area (Å²) < 4.78 is 6.75. The Kier molecular flexibility index (Phi) is 6.20. The number of ether oxygens (including phenoxy) is 1. The fourth-order valence-electron chi connectivity index (χ4n) is 4.58. The predicted molar refractivity (Wildman–Crippen MR) is 137 cm³/mol. The first-order valence-corrected chi connectivity index (χ1v) is 13.3. The fraction of sp³-hybridized carbons (Fsp3) is 0.500. The lowest BCUT2D eigenvalue weighted by molar-refractivity contribution is -0.130. The lowest BCUT2D eigenvalue weighted by atomic mass is 9.95. The molecular formula is C24H29N5O3S2. The van der Waals surface area contributed by atoms with Crippen molar-refractivity contribution in [1.29, 1.82) is 0 Å². The van der Waals surface area contributed by atoms with E-state index in [1.54, 1.807) is 16.2 Å². The molecule has 0 saturated carbocycles. The number of carbonyl (C=O) groups is 2. The van der Waals surface area contributed by atoms with Crippen molar-refractivity contribution in [2.24, 2.45) is 16.8 Å². The Hall–Kier alpha value is -2.72. The number of anilines is 1. The molecule has 0 radical (unpaired) electrons. The number of nitrogens with one attached hydrogen (secondary N) is 1. The molecule has 2 amide bonds. The standard InChI is InChI=1S/C24H29N5O3S2/c1-5-28(4)20(30)9-15-6-7-29(12-15)24-27-23-19(34-24)11-18(33-23)22(31)26-16-8-13(2)21-17(10-16)25-14(3)32-21/h8,10-11,13,15,21H,5-7,9,12H2,1-4H3,(H,26,31). The van der Waals surface area contributed by atoms with E-state index in [2.05, 4.69) is 22.1 Å². The molecule has 2 aliphatic heterocycles. The van der Waals surface area contributed by atoms with E-state index in [4.69, 9.17) is 9.72 Å². The van der Waals surface area contributed by atoms with Gasteiger partial charge in [0.15, 0.2) is 11.0 Å². The number of rotatable bonds is 6. The lowest BCUT2D eigenvalue weighted by Gasteiger charge is -2.22. The molecule has 1 fully saturated rings. The predicted octanol–water partition coefficient (Wildman–Crippen LogP) is 4.02. The summed E-state index contributed by atoms with van der Waals surface area (Å²) in [4.78, 5) is 39.9. The van der Waals surface area contributed by atoms with E-state index < -0.39 is 0 Å². The van der Waals surface area contributed by atoms with Gasteiger partial charge in [-0.2, -0.15) is 0 Å². The summed E-state index contributed by atoms with van der Waals surface area (Å²) in [6, 6.07) is 1.92. The third-order valence-electron chi connectivity index (χ3n) is 6.58. The van der Waals surface area contributed by atoms with Gasteiger partial charge in [-0.05, 0) is 31.4 Å². The summed E-state index contributed by atoms with van der Waals surface area (Å²) in [5.74, 6) is 1.23. The van der Waals surface area contributed by atoms with Crippen LogP contribution in [-0.2, 0) is 9.53 Å². The van der Waals surface area contributed by atoms with Gasteiger partial charge < -0.3 is 19.9 Å². The maximum Gasteiger partial charge on any atom is 0.265 e. The van der Waals surface area contributed by atoms with Crippen LogP contribution in [0.15, 0.2) is 34.6 Å². The van der Waals surface area contributed by atoms with Crippen molar-refractivity contribution in [1.82, 2.24) is 15.2 Å². The molecule has 34 heavy (non-hydrogen) atoms. The van der Waals surface area contributed by atoms with Gasteiger partial charge in [-0.3, -0.25) is 9.59 Å². The first kappa shape index (κ1) is 23.0. The summed E-state index contributed by atoms with van der Waals surface area (Å²) in [6.07, 6.45) is 5.43. The highest BCUT2D eigenvalue weighted by Crippen LogP contribution is 2.37. The Labute approximate surface area is 207 Å². The van der Waals surface area contributed by atoms with Crippen molar-refractivity contribution >= 4 is 55.0 Å². The highest BCUT2D eigenvalue weighted by atomic mass is 32.1. The molecule has 3 atom stereocenters. The highest BCUT2D eigenvalue weighted by molar-refractivity contribution is 7.29. The largest absolute Gasteiger partial charge is 0.471 e. The summed E-state index contributed by atoms with van der Waals surface area (Å²) >= 11 is 3.03. The van der Waals surface area contributed by atoms with E-state index in [0.717, 1.165) is 52.1 Å². The topological polar surface area (TPSA) is 87.1 Å². The van der Waals surface area contributed by atoms with Crippen LogP contribution in [0.4, 0.5) is 5.13 Å². The van der Waals surface area contributed by atoms with E-state index in [1.165, 1.54) is 11.3 Å². The first-order chi connectivity index (χ1) is 16.3. The molecule has 0 bridgehead atoms. The molecule has 10 heteroatoms. The van der Waals surface area contributed by atoms with Crippen LogP contribution in [0.1, 0.15) is 43.3 Å². The normalized spacial score (nSPS) is 23.8. The molecule has 2 aromatic heterocycles. The van der Waals surface area contributed by atoms with Gasteiger partial charge in [0, 0.05) is 51.6 Å². The molecule has 5 rings (SSSR count). The van der Waals surface area contributed by atoms with Gasteiger partial charge in [-0.1, -0.05) is 24.3 Å². The number of hydrogen-bond donors (Lipinski definition) is 1. The lowest BCUT2D eigenvalue weighted by Crippen LogP contribution is -2.29. The van der Waals surface area contributed by atoms with Gasteiger partial charge in [-0.25, -0.2) is 9.98 Å². The van der Waals surface area contributed by atoms with Crippen molar-refractivity contribution in [2.45, 2.75) is 39.7 Å². The number of aromatic nitrogens is 1. The van der Waals surface area contributed by atoms with Crippen molar-refractivity contribution < 1.29 is 14.3 Å². The molecule has 3 unspecified atom stereocenters. The first-order valence-electron chi connectivity index (χ1n) is 11.7.